The lowest BCUT2D eigenvalue weighted by molar-refractivity contribution is -0.127. The van der Waals surface area contributed by atoms with Gasteiger partial charge in [0.2, 0.25) is 5.91 Å². The first-order valence-electron chi connectivity index (χ1n) is 12.4. The molecule has 2 aromatic carbocycles. The average molecular weight is 473 g/mol. The second-order valence-electron chi connectivity index (χ2n) is 9.61. The van der Waals surface area contributed by atoms with E-state index in [2.05, 4.69) is 41.5 Å². The van der Waals surface area contributed by atoms with Gasteiger partial charge in [-0.15, -0.1) is 0 Å². The zero-order valence-corrected chi connectivity index (χ0v) is 20.3. The van der Waals surface area contributed by atoms with E-state index in [9.17, 15) is 9.59 Å². The van der Waals surface area contributed by atoms with Crippen molar-refractivity contribution in [3.05, 3.63) is 89.0 Å². The Hall–Kier alpha value is -3.45. The number of benzene rings is 2. The van der Waals surface area contributed by atoms with E-state index in [0.29, 0.717) is 44.8 Å². The van der Waals surface area contributed by atoms with Crippen molar-refractivity contribution >= 4 is 11.8 Å². The Kier molecular flexibility index (Phi) is 6.68. The fraction of sp³-hybridized carbons (Fsp3) is 0.393. The van der Waals surface area contributed by atoms with Gasteiger partial charge in [0, 0.05) is 19.0 Å². The van der Waals surface area contributed by atoms with Crippen molar-refractivity contribution in [2.24, 2.45) is 5.92 Å². The van der Waals surface area contributed by atoms with Crippen LogP contribution in [0.4, 0.5) is 0 Å². The summed E-state index contributed by atoms with van der Waals surface area (Å²) >= 11 is 0. The van der Waals surface area contributed by atoms with Crippen LogP contribution in [0, 0.1) is 12.8 Å². The molecule has 35 heavy (non-hydrogen) atoms. The SMILES string of the molecule is Cc1ccc(C2Cn3cnc(C(=O)N4CCC(C(=O)NC(C)c5ccccc5)CC4)c3CO2)cc1. The number of likely N-dealkylation sites (tertiary alicyclic amines) is 1. The van der Waals surface area contributed by atoms with Crippen LogP contribution < -0.4 is 5.32 Å². The van der Waals surface area contributed by atoms with E-state index in [0.717, 1.165) is 16.8 Å². The van der Waals surface area contributed by atoms with Crippen LogP contribution >= 0.6 is 0 Å². The van der Waals surface area contributed by atoms with Gasteiger partial charge in [0.05, 0.1) is 31.2 Å². The number of nitrogens with zero attached hydrogens (tertiary/aromatic N) is 3. The maximum Gasteiger partial charge on any atom is 0.274 e. The molecule has 182 valence electrons. The molecule has 2 unspecified atom stereocenters. The minimum Gasteiger partial charge on any atom is -0.365 e. The summed E-state index contributed by atoms with van der Waals surface area (Å²) in [6.45, 7) is 6.17. The number of fused-ring (bicyclic) bond motifs is 1. The normalized spacial score (nSPS) is 19.1. The summed E-state index contributed by atoms with van der Waals surface area (Å²) in [5.74, 6) is -0.101. The van der Waals surface area contributed by atoms with Crippen LogP contribution in [0.1, 0.15) is 64.8 Å². The number of aromatic nitrogens is 2. The molecule has 2 aliphatic rings. The first-order chi connectivity index (χ1) is 17.0. The molecular weight excluding hydrogens is 440 g/mol. The molecule has 1 saturated heterocycles. The standard InChI is InChI=1S/C28H32N4O3/c1-19-8-10-22(11-9-19)25-16-32-18-29-26(24(32)17-35-25)28(34)31-14-12-23(13-15-31)27(33)30-20(2)21-6-4-3-5-7-21/h3-11,18,20,23,25H,12-17H2,1-2H3,(H,30,33). The lowest BCUT2D eigenvalue weighted by Crippen LogP contribution is -2.43. The van der Waals surface area contributed by atoms with Gasteiger partial charge in [-0.2, -0.15) is 0 Å². The molecule has 0 saturated carbocycles. The second-order valence-corrected chi connectivity index (χ2v) is 9.61. The van der Waals surface area contributed by atoms with E-state index in [1.165, 1.54) is 5.56 Å². The molecule has 5 rings (SSSR count). The molecule has 7 nitrogen and oxygen atoms in total. The Morgan fingerprint density at radius 1 is 1.06 bits per heavy atom. The van der Waals surface area contributed by atoms with Gasteiger partial charge in [0.15, 0.2) is 5.69 Å². The van der Waals surface area contributed by atoms with Gasteiger partial charge < -0.3 is 19.5 Å². The predicted molar refractivity (Wildman–Crippen MR) is 133 cm³/mol. The van der Waals surface area contributed by atoms with Gasteiger partial charge in [0.1, 0.15) is 6.10 Å². The van der Waals surface area contributed by atoms with E-state index in [1.54, 1.807) is 6.33 Å². The fourth-order valence-electron chi connectivity index (χ4n) is 4.94. The predicted octanol–water partition coefficient (Wildman–Crippen LogP) is 4.19. The quantitative estimate of drug-likeness (QED) is 0.604. The number of hydrogen-bond acceptors (Lipinski definition) is 4. The zero-order valence-electron chi connectivity index (χ0n) is 20.3. The number of piperidine rings is 1. The smallest absolute Gasteiger partial charge is 0.274 e. The molecule has 1 fully saturated rings. The van der Waals surface area contributed by atoms with Crippen LogP contribution in [0.5, 0.6) is 0 Å². The van der Waals surface area contributed by atoms with E-state index < -0.39 is 0 Å². The number of carbonyl (C=O) groups is 2. The van der Waals surface area contributed by atoms with Gasteiger partial charge >= 0.3 is 0 Å². The molecule has 1 aromatic heterocycles. The third-order valence-corrected chi connectivity index (χ3v) is 7.19. The summed E-state index contributed by atoms with van der Waals surface area (Å²) in [6.07, 6.45) is 3.01. The van der Waals surface area contributed by atoms with Crippen molar-refractivity contribution in [2.45, 2.75) is 52.0 Å². The minimum atomic E-state index is -0.0836. The number of nitrogens with one attached hydrogen (secondary N) is 1. The first-order valence-corrected chi connectivity index (χ1v) is 12.4. The third kappa shape index (κ3) is 5.00. The topological polar surface area (TPSA) is 76.5 Å². The zero-order chi connectivity index (χ0) is 24.4. The number of hydrogen-bond donors (Lipinski definition) is 1. The summed E-state index contributed by atoms with van der Waals surface area (Å²) in [5, 5.41) is 3.12. The maximum atomic E-state index is 13.3. The van der Waals surface area contributed by atoms with Crippen LogP contribution in [-0.4, -0.2) is 39.4 Å². The highest BCUT2D eigenvalue weighted by Gasteiger charge is 2.32. The van der Waals surface area contributed by atoms with E-state index in [1.807, 2.05) is 46.7 Å². The van der Waals surface area contributed by atoms with Crippen molar-refractivity contribution in [1.82, 2.24) is 19.8 Å². The fourth-order valence-corrected chi connectivity index (χ4v) is 4.94. The largest absolute Gasteiger partial charge is 0.365 e. The van der Waals surface area contributed by atoms with Crippen LogP contribution in [0.2, 0.25) is 0 Å². The first kappa shape index (κ1) is 23.3. The van der Waals surface area contributed by atoms with Crippen molar-refractivity contribution < 1.29 is 14.3 Å². The lowest BCUT2D eigenvalue weighted by atomic mass is 9.95. The Labute approximate surface area is 206 Å². The molecule has 0 aliphatic carbocycles. The van der Waals surface area contributed by atoms with Crippen molar-refractivity contribution in [3.8, 4) is 0 Å². The van der Waals surface area contributed by atoms with Gasteiger partial charge in [-0.3, -0.25) is 9.59 Å². The van der Waals surface area contributed by atoms with Gasteiger partial charge in [-0.1, -0.05) is 60.2 Å². The van der Waals surface area contributed by atoms with Crippen LogP contribution in [0.3, 0.4) is 0 Å². The van der Waals surface area contributed by atoms with Crippen LogP contribution in [-0.2, 0) is 22.7 Å². The van der Waals surface area contributed by atoms with Crippen molar-refractivity contribution in [3.63, 3.8) is 0 Å². The third-order valence-electron chi connectivity index (χ3n) is 7.19. The lowest BCUT2D eigenvalue weighted by Gasteiger charge is -2.32. The molecule has 2 aliphatic heterocycles. The van der Waals surface area contributed by atoms with Gasteiger partial charge in [0.25, 0.3) is 5.91 Å². The minimum absolute atomic E-state index is 0.0378. The maximum absolute atomic E-state index is 13.3. The Balaban J connectivity index is 1.17. The Bertz CT molecular complexity index is 1180. The number of aryl methyl sites for hydroxylation is 1. The molecule has 0 spiro atoms. The number of imidazole rings is 1. The number of ether oxygens (including phenoxy) is 1. The average Bonchev–Trinajstić information content (AvgIpc) is 3.32. The summed E-state index contributed by atoms with van der Waals surface area (Å²) in [6, 6.07) is 18.3. The van der Waals surface area contributed by atoms with E-state index >= 15 is 0 Å². The number of amides is 2. The van der Waals surface area contributed by atoms with E-state index in [4.69, 9.17) is 4.74 Å². The van der Waals surface area contributed by atoms with Gasteiger partial charge in [-0.25, -0.2) is 4.98 Å². The van der Waals surface area contributed by atoms with Crippen molar-refractivity contribution in [2.75, 3.05) is 13.1 Å². The molecule has 1 N–H and O–H groups in total. The molecule has 2 atom stereocenters. The van der Waals surface area contributed by atoms with Crippen molar-refractivity contribution in [1.29, 1.82) is 0 Å². The van der Waals surface area contributed by atoms with E-state index in [-0.39, 0.29) is 29.9 Å². The molecular formula is C28H32N4O3. The second kappa shape index (κ2) is 10.0. The molecule has 3 aromatic rings. The molecule has 3 heterocycles. The molecule has 2 amide bonds. The summed E-state index contributed by atoms with van der Waals surface area (Å²) < 4.78 is 8.14. The Morgan fingerprint density at radius 2 is 1.77 bits per heavy atom. The summed E-state index contributed by atoms with van der Waals surface area (Å²) in [7, 11) is 0. The highest BCUT2D eigenvalue weighted by atomic mass is 16.5. The highest BCUT2D eigenvalue weighted by molar-refractivity contribution is 5.93. The molecule has 0 radical (unpaired) electrons. The summed E-state index contributed by atoms with van der Waals surface area (Å²) in [4.78, 5) is 32.3. The monoisotopic (exact) mass is 472 g/mol. The Morgan fingerprint density at radius 3 is 2.49 bits per heavy atom. The highest BCUT2D eigenvalue weighted by Crippen LogP contribution is 2.29. The number of carbonyl (C=O) groups excluding carboxylic acids is 2. The van der Waals surface area contributed by atoms with Crippen LogP contribution in [0.25, 0.3) is 0 Å². The molecule has 7 heteroatoms. The summed E-state index contributed by atoms with van der Waals surface area (Å²) in [5.41, 5.74) is 4.73. The van der Waals surface area contributed by atoms with Gasteiger partial charge in [-0.05, 0) is 37.8 Å². The molecule has 0 bridgehead atoms. The van der Waals surface area contributed by atoms with Crippen LogP contribution in [0.15, 0.2) is 60.9 Å². The number of rotatable bonds is 5.